The molecule has 130 valence electrons. The van der Waals surface area contributed by atoms with Crippen LogP contribution in [0.5, 0.6) is 0 Å². The van der Waals surface area contributed by atoms with Gasteiger partial charge in [0.25, 0.3) is 0 Å². The number of likely N-dealkylation sites (tertiary alicyclic amines) is 1. The van der Waals surface area contributed by atoms with Crippen LogP contribution in [0.25, 0.3) is 0 Å². The monoisotopic (exact) mass is 338 g/mol. The van der Waals surface area contributed by atoms with Gasteiger partial charge in [-0.25, -0.2) is 4.99 Å². The molecule has 0 bridgehead atoms. The maximum Gasteiger partial charge on any atom is 0.191 e. The molecule has 1 atom stereocenters. The van der Waals surface area contributed by atoms with Gasteiger partial charge in [-0.1, -0.05) is 0 Å². The van der Waals surface area contributed by atoms with Crippen LogP contribution in [-0.4, -0.2) is 55.2 Å². The summed E-state index contributed by atoms with van der Waals surface area (Å²) in [6.45, 7) is 9.59. The molecule has 1 aromatic heterocycles. The lowest BCUT2D eigenvalue weighted by molar-refractivity contribution is 0.0677. The Bertz CT molecular complexity index is 467. The quantitative estimate of drug-likeness (QED) is 0.385. The Kier molecular flexibility index (Phi) is 7.33. The van der Waals surface area contributed by atoms with Crippen LogP contribution in [0.2, 0.25) is 0 Å². The number of hydrogen-bond donors (Lipinski definition) is 3. The van der Waals surface area contributed by atoms with Gasteiger partial charge in [-0.05, 0) is 75.1 Å². The summed E-state index contributed by atoms with van der Waals surface area (Å²) in [7, 11) is 0. The number of rotatable bonds is 8. The van der Waals surface area contributed by atoms with E-state index < -0.39 is 5.60 Å². The predicted octanol–water partition coefficient (Wildman–Crippen LogP) is 2.00. The van der Waals surface area contributed by atoms with Gasteiger partial charge in [0.2, 0.25) is 0 Å². The Morgan fingerprint density at radius 2 is 2.17 bits per heavy atom. The van der Waals surface area contributed by atoms with Crippen LogP contribution in [0.1, 0.15) is 38.7 Å². The first kappa shape index (κ1) is 18.2. The van der Waals surface area contributed by atoms with Crippen molar-refractivity contribution in [1.82, 2.24) is 15.5 Å². The molecule has 2 heterocycles. The van der Waals surface area contributed by atoms with Gasteiger partial charge >= 0.3 is 0 Å². The van der Waals surface area contributed by atoms with Crippen LogP contribution in [0.4, 0.5) is 0 Å². The second-order valence-corrected chi connectivity index (χ2v) is 7.09. The second kappa shape index (κ2) is 9.25. The standard InChI is InChI=1S/C17H30N4OS/c1-3-18-16(19-8-6-11-21-9-4-5-10-21)20-14-17(2,22)15-7-12-23-13-15/h7,12-13,22H,3-6,8-11,14H2,1-2H3,(H2,18,19,20). The van der Waals surface area contributed by atoms with Gasteiger partial charge in [-0.3, -0.25) is 0 Å². The lowest BCUT2D eigenvalue weighted by Gasteiger charge is -2.21. The van der Waals surface area contributed by atoms with Gasteiger partial charge in [0.15, 0.2) is 5.96 Å². The van der Waals surface area contributed by atoms with Gasteiger partial charge < -0.3 is 20.6 Å². The highest BCUT2D eigenvalue weighted by Crippen LogP contribution is 2.23. The number of hydrogen-bond acceptors (Lipinski definition) is 4. The molecule has 6 heteroatoms. The first-order valence-corrected chi connectivity index (χ1v) is 9.55. The molecule has 1 aromatic rings. The van der Waals surface area contributed by atoms with Crippen molar-refractivity contribution in [3.63, 3.8) is 0 Å². The minimum Gasteiger partial charge on any atom is -0.383 e. The fourth-order valence-electron chi connectivity index (χ4n) is 2.75. The Morgan fingerprint density at radius 1 is 1.39 bits per heavy atom. The number of thiophene rings is 1. The Morgan fingerprint density at radius 3 is 2.83 bits per heavy atom. The maximum atomic E-state index is 10.5. The first-order valence-electron chi connectivity index (χ1n) is 8.61. The van der Waals surface area contributed by atoms with Crippen molar-refractivity contribution in [3.8, 4) is 0 Å². The van der Waals surface area contributed by atoms with Crippen LogP contribution >= 0.6 is 11.3 Å². The van der Waals surface area contributed by atoms with Crippen LogP contribution in [-0.2, 0) is 5.60 Å². The van der Waals surface area contributed by atoms with Crippen molar-refractivity contribution < 1.29 is 5.11 Å². The van der Waals surface area contributed by atoms with Crippen molar-refractivity contribution in [2.45, 2.75) is 38.7 Å². The molecule has 1 fully saturated rings. The predicted molar refractivity (Wildman–Crippen MR) is 98.2 cm³/mol. The zero-order valence-electron chi connectivity index (χ0n) is 14.3. The molecule has 1 aliphatic rings. The van der Waals surface area contributed by atoms with Gasteiger partial charge in [-0.2, -0.15) is 11.3 Å². The maximum absolute atomic E-state index is 10.5. The van der Waals surface area contributed by atoms with E-state index in [9.17, 15) is 5.11 Å². The molecule has 0 amide bonds. The summed E-state index contributed by atoms with van der Waals surface area (Å²) in [5.41, 5.74) is 0.00823. The SMILES string of the molecule is CCNC(=NCC(C)(O)c1ccsc1)NCCCN1CCCC1. The van der Waals surface area contributed by atoms with Crippen molar-refractivity contribution >= 4 is 17.3 Å². The first-order chi connectivity index (χ1) is 11.1. The van der Waals surface area contributed by atoms with Crippen LogP contribution in [0, 0.1) is 0 Å². The molecule has 0 spiro atoms. The molecule has 0 radical (unpaired) electrons. The van der Waals surface area contributed by atoms with E-state index in [0.717, 1.165) is 37.6 Å². The number of aliphatic hydroxyl groups is 1. The number of guanidine groups is 1. The minimum absolute atomic E-state index is 0.352. The molecule has 2 rings (SSSR count). The smallest absolute Gasteiger partial charge is 0.191 e. The molecule has 1 saturated heterocycles. The molecule has 1 aliphatic heterocycles. The summed E-state index contributed by atoms with van der Waals surface area (Å²) in [5, 5.41) is 21.1. The molecular formula is C17H30N4OS. The zero-order valence-corrected chi connectivity index (χ0v) is 15.2. The van der Waals surface area contributed by atoms with Crippen molar-refractivity contribution in [2.75, 3.05) is 39.3 Å². The average molecular weight is 339 g/mol. The molecule has 1 unspecified atom stereocenters. The van der Waals surface area contributed by atoms with Gasteiger partial charge in [0.05, 0.1) is 6.54 Å². The van der Waals surface area contributed by atoms with Crippen molar-refractivity contribution in [2.24, 2.45) is 4.99 Å². The molecular weight excluding hydrogens is 308 g/mol. The highest BCUT2D eigenvalue weighted by atomic mass is 32.1. The Balaban J connectivity index is 1.77. The third-order valence-corrected chi connectivity index (χ3v) is 4.86. The summed E-state index contributed by atoms with van der Waals surface area (Å²) in [6, 6.07) is 1.95. The van der Waals surface area contributed by atoms with Gasteiger partial charge in [-0.15, -0.1) is 0 Å². The van der Waals surface area contributed by atoms with Gasteiger partial charge in [0.1, 0.15) is 5.60 Å². The number of nitrogens with zero attached hydrogens (tertiary/aromatic N) is 2. The van der Waals surface area contributed by atoms with Crippen LogP contribution < -0.4 is 10.6 Å². The largest absolute Gasteiger partial charge is 0.383 e. The van der Waals surface area contributed by atoms with Crippen LogP contribution in [0.15, 0.2) is 21.8 Å². The zero-order chi connectivity index (χ0) is 16.5. The fraction of sp³-hybridized carbons (Fsp3) is 0.706. The fourth-order valence-corrected chi connectivity index (χ4v) is 3.54. The topological polar surface area (TPSA) is 59.9 Å². The van der Waals surface area contributed by atoms with E-state index in [1.54, 1.807) is 11.3 Å². The highest BCUT2D eigenvalue weighted by molar-refractivity contribution is 7.08. The molecule has 0 saturated carbocycles. The lowest BCUT2D eigenvalue weighted by Crippen LogP contribution is -2.40. The molecule has 0 aromatic carbocycles. The van der Waals surface area contributed by atoms with E-state index in [-0.39, 0.29) is 0 Å². The van der Waals surface area contributed by atoms with E-state index in [0.29, 0.717) is 6.54 Å². The lowest BCUT2D eigenvalue weighted by atomic mass is 10.00. The molecule has 23 heavy (non-hydrogen) atoms. The number of nitrogens with one attached hydrogen (secondary N) is 2. The normalized spacial score (nSPS) is 18.8. The molecule has 0 aliphatic carbocycles. The molecule has 5 nitrogen and oxygen atoms in total. The van der Waals surface area contributed by atoms with Gasteiger partial charge in [0, 0.05) is 13.1 Å². The summed E-state index contributed by atoms with van der Waals surface area (Å²) in [5.74, 6) is 0.782. The van der Waals surface area contributed by atoms with E-state index in [4.69, 9.17) is 0 Å². The second-order valence-electron chi connectivity index (χ2n) is 6.31. The summed E-state index contributed by atoms with van der Waals surface area (Å²) in [6.07, 6.45) is 3.80. The Labute approximate surface area is 143 Å². The van der Waals surface area contributed by atoms with Crippen LogP contribution in [0.3, 0.4) is 0 Å². The summed E-state index contributed by atoms with van der Waals surface area (Å²) in [4.78, 5) is 7.07. The van der Waals surface area contributed by atoms with E-state index in [1.165, 1.54) is 25.9 Å². The van der Waals surface area contributed by atoms with E-state index in [2.05, 4.69) is 27.4 Å². The summed E-state index contributed by atoms with van der Waals surface area (Å²) < 4.78 is 0. The third kappa shape index (κ3) is 6.12. The minimum atomic E-state index is -0.919. The number of aliphatic imine (C=N–C) groups is 1. The average Bonchev–Trinajstić information content (AvgIpc) is 3.22. The Hall–Kier alpha value is -1.11. The third-order valence-electron chi connectivity index (χ3n) is 4.17. The molecule has 3 N–H and O–H groups in total. The summed E-state index contributed by atoms with van der Waals surface area (Å²) >= 11 is 1.60. The van der Waals surface area contributed by atoms with Crippen molar-refractivity contribution in [3.05, 3.63) is 22.4 Å². The highest BCUT2D eigenvalue weighted by Gasteiger charge is 2.23. The van der Waals surface area contributed by atoms with Crippen molar-refractivity contribution in [1.29, 1.82) is 0 Å². The van der Waals surface area contributed by atoms with E-state index >= 15 is 0 Å². The van der Waals surface area contributed by atoms with E-state index in [1.807, 2.05) is 23.8 Å².